The summed E-state index contributed by atoms with van der Waals surface area (Å²) in [4.78, 5) is 0. The molecule has 0 unspecified atom stereocenters. The Labute approximate surface area is 129 Å². The Morgan fingerprint density at radius 3 is 1.95 bits per heavy atom. The maximum Gasteiger partial charge on any atom is 0.165 e. The number of phenolic OH excluding ortho intramolecular Hbond substituents is 2. The Bertz CT molecular complexity index is 491. The molecule has 3 heteroatoms. The molecule has 2 N–H and O–H groups in total. The number of rotatable bonds is 4. The van der Waals surface area contributed by atoms with Gasteiger partial charge in [-0.25, -0.2) is 0 Å². The highest BCUT2D eigenvalue weighted by Crippen LogP contribution is 2.48. The molecule has 0 saturated carbocycles. The van der Waals surface area contributed by atoms with E-state index >= 15 is 0 Å². The second-order valence-electron chi connectivity index (χ2n) is 7.70. The first-order chi connectivity index (χ1) is 9.50. The van der Waals surface area contributed by atoms with Gasteiger partial charge in [0.25, 0.3) is 0 Å². The monoisotopic (exact) mass is 294 g/mol. The van der Waals surface area contributed by atoms with Gasteiger partial charge in [0.15, 0.2) is 11.5 Å². The largest absolute Gasteiger partial charge is 0.504 e. The molecule has 0 aliphatic heterocycles. The van der Waals surface area contributed by atoms with E-state index in [0.717, 1.165) is 12.8 Å². The third-order valence-corrected chi connectivity index (χ3v) is 3.55. The molecule has 0 heterocycles. The maximum atomic E-state index is 10.5. The molecule has 1 rings (SSSR count). The van der Waals surface area contributed by atoms with Crippen molar-refractivity contribution in [3.63, 3.8) is 0 Å². The zero-order valence-electron chi connectivity index (χ0n) is 14.5. The molecular formula is C18H30O3. The van der Waals surface area contributed by atoms with Crippen molar-refractivity contribution in [1.29, 1.82) is 0 Å². The normalized spacial score (nSPS) is 12.5. The van der Waals surface area contributed by atoms with Crippen LogP contribution >= 0.6 is 0 Å². The van der Waals surface area contributed by atoms with E-state index in [1.54, 1.807) is 0 Å². The van der Waals surface area contributed by atoms with E-state index in [4.69, 9.17) is 4.74 Å². The lowest BCUT2D eigenvalue weighted by atomic mass is 9.80. The molecule has 0 fully saturated rings. The Kier molecular flexibility index (Phi) is 5.19. The van der Waals surface area contributed by atoms with Gasteiger partial charge in [0, 0.05) is 11.1 Å². The maximum absolute atomic E-state index is 10.5. The van der Waals surface area contributed by atoms with Crippen LogP contribution in [-0.2, 0) is 10.8 Å². The summed E-state index contributed by atoms with van der Waals surface area (Å²) in [6.45, 7) is 14.8. The quantitative estimate of drug-likeness (QED) is 0.615. The van der Waals surface area contributed by atoms with Crippen molar-refractivity contribution in [2.45, 2.75) is 72.1 Å². The van der Waals surface area contributed by atoms with Crippen LogP contribution in [0, 0.1) is 0 Å². The third-order valence-electron chi connectivity index (χ3n) is 3.55. The molecule has 0 atom stereocenters. The molecule has 0 radical (unpaired) electrons. The van der Waals surface area contributed by atoms with Crippen molar-refractivity contribution < 1.29 is 14.9 Å². The van der Waals surface area contributed by atoms with Crippen molar-refractivity contribution in [1.82, 2.24) is 0 Å². The second kappa shape index (κ2) is 6.17. The summed E-state index contributed by atoms with van der Waals surface area (Å²) in [7, 11) is 0. The van der Waals surface area contributed by atoms with Gasteiger partial charge in [0.2, 0.25) is 0 Å². The van der Waals surface area contributed by atoms with Crippen LogP contribution in [0.2, 0.25) is 0 Å². The van der Waals surface area contributed by atoms with Crippen LogP contribution in [0.3, 0.4) is 0 Å². The molecule has 0 bridgehead atoms. The van der Waals surface area contributed by atoms with E-state index in [1.807, 2.05) is 47.6 Å². The summed E-state index contributed by atoms with van der Waals surface area (Å²) in [5, 5.41) is 20.9. The SMILES string of the molecule is CCCCOc1cc(C(C)(C)C)c(O)c(O)c1C(C)(C)C. The average molecular weight is 294 g/mol. The number of hydrogen-bond acceptors (Lipinski definition) is 3. The molecule has 0 aromatic heterocycles. The smallest absolute Gasteiger partial charge is 0.165 e. The Morgan fingerprint density at radius 1 is 0.952 bits per heavy atom. The first-order valence-electron chi connectivity index (χ1n) is 7.72. The zero-order chi connectivity index (χ0) is 16.4. The van der Waals surface area contributed by atoms with Crippen LogP contribution in [0.5, 0.6) is 17.2 Å². The number of ether oxygens (including phenoxy) is 1. The zero-order valence-corrected chi connectivity index (χ0v) is 14.5. The lowest BCUT2D eigenvalue weighted by Crippen LogP contribution is -2.18. The molecule has 0 aliphatic rings. The first kappa shape index (κ1) is 17.7. The Balaban J connectivity index is 3.45. The molecule has 1 aromatic rings. The van der Waals surface area contributed by atoms with E-state index in [1.165, 1.54) is 0 Å². The first-order valence-corrected chi connectivity index (χ1v) is 7.72. The van der Waals surface area contributed by atoms with Crippen molar-refractivity contribution in [2.75, 3.05) is 6.61 Å². The standard InChI is InChI=1S/C18H30O3/c1-8-9-10-21-13-11-12(17(2,3)4)15(19)16(20)14(13)18(5,6)7/h11,19-20H,8-10H2,1-7H3. The van der Waals surface area contributed by atoms with Gasteiger partial charge < -0.3 is 14.9 Å². The van der Waals surface area contributed by atoms with Gasteiger partial charge in [-0.05, 0) is 23.3 Å². The number of hydrogen-bond donors (Lipinski definition) is 2. The number of benzene rings is 1. The van der Waals surface area contributed by atoms with Crippen LogP contribution in [0.1, 0.15) is 72.4 Å². The predicted octanol–water partition coefficient (Wildman–Crippen LogP) is 4.87. The van der Waals surface area contributed by atoms with E-state index in [9.17, 15) is 10.2 Å². The van der Waals surface area contributed by atoms with Crippen LogP contribution in [0.4, 0.5) is 0 Å². The van der Waals surface area contributed by atoms with Crippen LogP contribution < -0.4 is 4.74 Å². The van der Waals surface area contributed by atoms with Gasteiger partial charge >= 0.3 is 0 Å². The fourth-order valence-electron chi connectivity index (χ4n) is 2.37. The van der Waals surface area contributed by atoms with Gasteiger partial charge in [-0.3, -0.25) is 0 Å². The van der Waals surface area contributed by atoms with Gasteiger partial charge in [0.05, 0.1) is 6.61 Å². The van der Waals surface area contributed by atoms with Crippen molar-refractivity contribution in [3.8, 4) is 17.2 Å². The summed E-state index contributed by atoms with van der Waals surface area (Å²) < 4.78 is 5.90. The molecule has 120 valence electrons. The molecule has 0 amide bonds. The van der Waals surface area contributed by atoms with Crippen LogP contribution in [0.25, 0.3) is 0 Å². The van der Waals surface area contributed by atoms with E-state index in [2.05, 4.69) is 6.92 Å². The van der Waals surface area contributed by atoms with Gasteiger partial charge in [-0.15, -0.1) is 0 Å². The molecule has 0 spiro atoms. The topological polar surface area (TPSA) is 49.7 Å². The summed E-state index contributed by atoms with van der Waals surface area (Å²) >= 11 is 0. The minimum absolute atomic E-state index is 0.0322. The van der Waals surface area contributed by atoms with E-state index in [0.29, 0.717) is 23.5 Å². The fraction of sp³-hybridized carbons (Fsp3) is 0.667. The predicted molar refractivity (Wildman–Crippen MR) is 87.6 cm³/mol. The number of unbranched alkanes of at least 4 members (excludes halogenated alkanes) is 1. The van der Waals surface area contributed by atoms with Crippen LogP contribution in [0.15, 0.2) is 6.07 Å². The van der Waals surface area contributed by atoms with Crippen LogP contribution in [-0.4, -0.2) is 16.8 Å². The molecule has 0 aliphatic carbocycles. The number of aromatic hydroxyl groups is 2. The molecular weight excluding hydrogens is 264 g/mol. The summed E-state index contributed by atoms with van der Waals surface area (Å²) in [6.07, 6.45) is 2.02. The van der Waals surface area contributed by atoms with Gasteiger partial charge in [0.1, 0.15) is 5.75 Å². The molecule has 0 saturated heterocycles. The Morgan fingerprint density at radius 2 is 1.52 bits per heavy atom. The van der Waals surface area contributed by atoms with Gasteiger partial charge in [-0.2, -0.15) is 0 Å². The highest BCUT2D eigenvalue weighted by Gasteiger charge is 2.30. The van der Waals surface area contributed by atoms with Crippen molar-refractivity contribution in [2.24, 2.45) is 0 Å². The third kappa shape index (κ3) is 4.05. The summed E-state index contributed by atoms with van der Waals surface area (Å²) in [5.41, 5.74) is 0.809. The lowest BCUT2D eigenvalue weighted by Gasteiger charge is -2.29. The number of phenols is 2. The highest BCUT2D eigenvalue weighted by molar-refractivity contribution is 5.61. The second-order valence-corrected chi connectivity index (χ2v) is 7.70. The Hall–Kier alpha value is -1.38. The minimum Gasteiger partial charge on any atom is -0.504 e. The minimum atomic E-state index is -0.306. The lowest BCUT2D eigenvalue weighted by molar-refractivity contribution is 0.292. The summed E-state index contributed by atoms with van der Waals surface area (Å²) in [5.74, 6) is 0.591. The molecule has 1 aromatic carbocycles. The molecule has 21 heavy (non-hydrogen) atoms. The van der Waals surface area contributed by atoms with E-state index in [-0.39, 0.29) is 22.3 Å². The summed E-state index contributed by atoms with van der Waals surface area (Å²) in [6, 6.07) is 1.88. The fourth-order valence-corrected chi connectivity index (χ4v) is 2.37. The van der Waals surface area contributed by atoms with Crippen molar-refractivity contribution >= 4 is 0 Å². The molecule has 3 nitrogen and oxygen atoms in total. The van der Waals surface area contributed by atoms with Crippen molar-refractivity contribution in [3.05, 3.63) is 17.2 Å². The highest BCUT2D eigenvalue weighted by atomic mass is 16.5. The van der Waals surface area contributed by atoms with E-state index < -0.39 is 0 Å². The van der Waals surface area contributed by atoms with Gasteiger partial charge in [-0.1, -0.05) is 54.9 Å². The average Bonchev–Trinajstić information content (AvgIpc) is 2.30.